The highest BCUT2D eigenvalue weighted by Crippen LogP contribution is 2.31. The van der Waals surface area contributed by atoms with Gasteiger partial charge in [0.15, 0.2) is 0 Å². The van der Waals surface area contributed by atoms with Crippen molar-refractivity contribution >= 4 is 21.9 Å². The fourth-order valence-corrected chi connectivity index (χ4v) is 2.70. The summed E-state index contributed by atoms with van der Waals surface area (Å²) in [6.07, 6.45) is 6.41. The maximum atomic E-state index is 11.6. The molecule has 88 valence electrons. The molecule has 1 heterocycles. The summed E-state index contributed by atoms with van der Waals surface area (Å²) in [4.78, 5) is 13.9. The molecular weight excluding hydrogens is 270 g/mol. The molecule has 0 amide bonds. The fourth-order valence-electron chi connectivity index (χ4n) is 2.22. The van der Waals surface area contributed by atoms with E-state index in [9.17, 15) is 4.79 Å². The van der Waals surface area contributed by atoms with E-state index < -0.39 is 0 Å². The first-order valence-corrected chi connectivity index (χ1v) is 6.44. The number of rotatable bonds is 2. The third-order valence-electron chi connectivity index (χ3n) is 3.12. The van der Waals surface area contributed by atoms with Crippen LogP contribution in [0.3, 0.4) is 0 Å². The topological polar surface area (TPSA) is 29.5 Å². The van der Waals surface area contributed by atoms with Crippen LogP contribution in [-0.4, -0.2) is 31.1 Å². The first kappa shape index (κ1) is 11.7. The van der Waals surface area contributed by atoms with Crippen LogP contribution < -0.4 is 0 Å². The van der Waals surface area contributed by atoms with E-state index in [1.54, 1.807) is 0 Å². The van der Waals surface area contributed by atoms with Crippen molar-refractivity contribution in [2.45, 2.75) is 25.7 Å². The molecule has 0 aromatic carbocycles. The monoisotopic (exact) mass is 285 g/mol. The second-order valence-corrected chi connectivity index (χ2v) is 5.10. The molecule has 1 aliphatic carbocycles. The number of hydrogen-bond acceptors (Lipinski definition) is 3. The Bertz CT molecular complexity index is 354. The molecule has 0 radical (unpaired) electrons. The number of nitrogens with zero attached hydrogens (tertiary/aromatic N) is 1. The Balaban J connectivity index is 2.19. The van der Waals surface area contributed by atoms with E-state index in [2.05, 4.69) is 20.8 Å². The number of hydrogen-bond donors (Lipinski definition) is 0. The first-order chi connectivity index (χ1) is 7.72. The molecule has 2 rings (SSSR count). The maximum absolute atomic E-state index is 11.6. The number of carbonyl (C=O) groups is 1. The van der Waals surface area contributed by atoms with Crippen LogP contribution in [0, 0.1) is 0 Å². The van der Waals surface area contributed by atoms with Gasteiger partial charge >= 0.3 is 5.97 Å². The summed E-state index contributed by atoms with van der Waals surface area (Å²) in [7, 11) is 1.42. The largest absolute Gasteiger partial charge is 0.465 e. The molecule has 0 atom stereocenters. The second kappa shape index (κ2) is 5.04. The Morgan fingerprint density at radius 3 is 2.69 bits per heavy atom. The van der Waals surface area contributed by atoms with E-state index in [0.29, 0.717) is 5.57 Å². The van der Waals surface area contributed by atoms with Crippen LogP contribution in [0.15, 0.2) is 21.8 Å². The molecule has 1 fully saturated rings. The lowest BCUT2D eigenvalue weighted by atomic mass is 10.0. The van der Waals surface area contributed by atoms with Gasteiger partial charge in [0.2, 0.25) is 0 Å². The molecule has 3 nitrogen and oxygen atoms in total. The third-order valence-corrected chi connectivity index (χ3v) is 3.95. The molecule has 0 unspecified atom stereocenters. The fraction of sp³-hybridized carbons (Fsp3) is 0.583. The summed E-state index contributed by atoms with van der Waals surface area (Å²) in [6, 6.07) is 0. The van der Waals surface area contributed by atoms with E-state index in [0.717, 1.165) is 30.4 Å². The molecule has 1 aliphatic heterocycles. The predicted octanol–water partition coefficient (Wildman–Crippen LogP) is 2.58. The van der Waals surface area contributed by atoms with Crippen molar-refractivity contribution in [2.24, 2.45) is 0 Å². The summed E-state index contributed by atoms with van der Waals surface area (Å²) >= 11 is 3.45. The summed E-state index contributed by atoms with van der Waals surface area (Å²) in [5, 5.41) is 0. The van der Waals surface area contributed by atoms with Crippen LogP contribution >= 0.6 is 15.9 Å². The van der Waals surface area contributed by atoms with Gasteiger partial charge in [-0.1, -0.05) is 15.9 Å². The van der Waals surface area contributed by atoms with Gasteiger partial charge in [0.1, 0.15) is 0 Å². The highest BCUT2D eigenvalue weighted by molar-refractivity contribution is 9.11. The third kappa shape index (κ3) is 2.32. The second-order valence-electron chi connectivity index (χ2n) is 4.14. The highest BCUT2D eigenvalue weighted by Gasteiger charge is 2.22. The minimum atomic E-state index is -0.247. The minimum absolute atomic E-state index is 0.247. The maximum Gasteiger partial charge on any atom is 0.338 e. The van der Waals surface area contributed by atoms with E-state index in [1.165, 1.54) is 25.6 Å². The van der Waals surface area contributed by atoms with Crippen molar-refractivity contribution in [2.75, 3.05) is 20.2 Å². The Labute approximate surface area is 104 Å². The van der Waals surface area contributed by atoms with Gasteiger partial charge < -0.3 is 9.64 Å². The number of likely N-dealkylation sites (tertiary alicyclic amines) is 1. The Kier molecular flexibility index (Phi) is 3.69. The molecule has 0 aromatic heterocycles. The van der Waals surface area contributed by atoms with Gasteiger partial charge in [-0.2, -0.15) is 0 Å². The van der Waals surface area contributed by atoms with Crippen LogP contribution in [0.25, 0.3) is 0 Å². The SMILES string of the molecule is COC(=O)C1=C(Br)CCC(N2CCCC2)=C1. The molecular formula is C12H16BrNO2. The van der Waals surface area contributed by atoms with Gasteiger partial charge in [-0.15, -0.1) is 0 Å². The number of carbonyl (C=O) groups excluding carboxylic acids is 1. The molecule has 16 heavy (non-hydrogen) atoms. The molecule has 0 bridgehead atoms. The standard InChI is InChI=1S/C12H16BrNO2/c1-16-12(15)10-8-9(4-5-11(10)13)14-6-2-3-7-14/h8H,2-7H2,1H3. The van der Waals surface area contributed by atoms with Gasteiger partial charge in [0.25, 0.3) is 0 Å². The lowest BCUT2D eigenvalue weighted by Gasteiger charge is -2.25. The van der Waals surface area contributed by atoms with Gasteiger partial charge in [-0.3, -0.25) is 0 Å². The Hall–Kier alpha value is -0.770. The van der Waals surface area contributed by atoms with Gasteiger partial charge in [-0.05, 0) is 31.8 Å². The summed E-state index contributed by atoms with van der Waals surface area (Å²) in [6.45, 7) is 2.25. The zero-order valence-electron chi connectivity index (χ0n) is 9.46. The molecule has 1 saturated heterocycles. The summed E-state index contributed by atoms with van der Waals surface area (Å²) < 4.78 is 5.74. The van der Waals surface area contributed by atoms with Crippen LogP contribution in [0.5, 0.6) is 0 Å². The van der Waals surface area contributed by atoms with Crippen molar-refractivity contribution < 1.29 is 9.53 Å². The molecule has 4 heteroatoms. The average molecular weight is 286 g/mol. The van der Waals surface area contributed by atoms with E-state index >= 15 is 0 Å². The number of halogens is 1. The lowest BCUT2D eigenvalue weighted by Crippen LogP contribution is -2.21. The van der Waals surface area contributed by atoms with Crippen molar-refractivity contribution in [1.82, 2.24) is 4.90 Å². The van der Waals surface area contributed by atoms with Crippen LogP contribution in [0.1, 0.15) is 25.7 Å². The predicted molar refractivity (Wildman–Crippen MR) is 66.1 cm³/mol. The van der Waals surface area contributed by atoms with Gasteiger partial charge in [-0.25, -0.2) is 4.79 Å². The molecule has 0 saturated carbocycles. The van der Waals surface area contributed by atoms with Crippen LogP contribution in [-0.2, 0) is 9.53 Å². The van der Waals surface area contributed by atoms with Gasteiger partial charge in [0.05, 0.1) is 12.7 Å². The number of allylic oxidation sites excluding steroid dienone is 2. The average Bonchev–Trinajstić information content (AvgIpc) is 2.82. The highest BCUT2D eigenvalue weighted by atomic mass is 79.9. The van der Waals surface area contributed by atoms with Crippen molar-refractivity contribution in [3.63, 3.8) is 0 Å². The Morgan fingerprint density at radius 1 is 1.38 bits per heavy atom. The Morgan fingerprint density at radius 2 is 2.06 bits per heavy atom. The lowest BCUT2D eigenvalue weighted by molar-refractivity contribution is -0.135. The molecule has 0 N–H and O–H groups in total. The normalized spacial score (nSPS) is 21.1. The van der Waals surface area contributed by atoms with Gasteiger partial charge in [0, 0.05) is 23.3 Å². The van der Waals surface area contributed by atoms with Crippen molar-refractivity contribution in [3.05, 3.63) is 21.8 Å². The van der Waals surface area contributed by atoms with Crippen molar-refractivity contribution in [1.29, 1.82) is 0 Å². The minimum Gasteiger partial charge on any atom is -0.465 e. The van der Waals surface area contributed by atoms with E-state index in [-0.39, 0.29) is 5.97 Å². The molecule has 0 spiro atoms. The van der Waals surface area contributed by atoms with E-state index in [4.69, 9.17) is 4.74 Å². The number of methoxy groups -OCH3 is 1. The summed E-state index contributed by atoms with van der Waals surface area (Å²) in [5.41, 5.74) is 1.96. The number of esters is 1. The van der Waals surface area contributed by atoms with Crippen molar-refractivity contribution in [3.8, 4) is 0 Å². The van der Waals surface area contributed by atoms with Crippen LogP contribution in [0.4, 0.5) is 0 Å². The quantitative estimate of drug-likeness (QED) is 0.731. The van der Waals surface area contributed by atoms with Crippen LogP contribution in [0.2, 0.25) is 0 Å². The zero-order chi connectivity index (χ0) is 11.5. The summed E-state index contributed by atoms with van der Waals surface area (Å²) in [5.74, 6) is -0.247. The molecule has 0 aromatic rings. The first-order valence-electron chi connectivity index (χ1n) is 5.65. The number of ether oxygens (including phenoxy) is 1. The smallest absolute Gasteiger partial charge is 0.338 e. The molecule has 2 aliphatic rings. The zero-order valence-corrected chi connectivity index (χ0v) is 11.0. The van der Waals surface area contributed by atoms with E-state index in [1.807, 2.05) is 6.08 Å².